The van der Waals surface area contributed by atoms with E-state index in [4.69, 9.17) is 4.74 Å². The maximum Gasteiger partial charge on any atom is 0.336 e. The van der Waals surface area contributed by atoms with Gasteiger partial charge in [0.25, 0.3) is 5.56 Å². The minimum Gasteiger partial charge on any atom is -0.458 e. The SMILES string of the molecule is O=C(/C=C/C(=O)Oc1c[nH]c(=O)[nH]c1=O)OCc1ccccc1. The quantitative estimate of drug-likeness (QED) is 0.603. The molecule has 1 aromatic carbocycles. The molecule has 1 heterocycles. The third kappa shape index (κ3) is 5.12. The van der Waals surface area contributed by atoms with Crippen LogP contribution in [-0.2, 0) is 20.9 Å². The van der Waals surface area contributed by atoms with Crippen LogP contribution in [0.5, 0.6) is 5.75 Å². The molecule has 2 rings (SSSR count). The molecule has 0 saturated heterocycles. The van der Waals surface area contributed by atoms with Crippen molar-refractivity contribution in [2.75, 3.05) is 0 Å². The Morgan fingerprint density at radius 2 is 1.74 bits per heavy atom. The van der Waals surface area contributed by atoms with Crippen LogP contribution in [0.15, 0.2) is 58.3 Å². The number of carbonyl (C=O) groups excluding carboxylic acids is 2. The van der Waals surface area contributed by atoms with Gasteiger partial charge in [-0.05, 0) is 5.56 Å². The largest absolute Gasteiger partial charge is 0.458 e. The first-order chi connectivity index (χ1) is 11.0. The summed E-state index contributed by atoms with van der Waals surface area (Å²) in [4.78, 5) is 49.1. The van der Waals surface area contributed by atoms with Crippen molar-refractivity contribution in [3.05, 3.63) is 75.1 Å². The van der Waals surface area contributed by atoms with Crippen molar-refractivity contribution < 1.29 is 19.1 Å². The molecule has 0 amide bonds. The molecule has 0 aliphatic heterocycles. The summed E-state index contributed by atoms with van der Waals surface area (Å²) in [6, 6.07) is 9.01. The lowest BCUT2D eigenvalue weighted by molar-refractivity contribution is -0.139. The Morgan fingerprint density at radius 3 is 2.43 bits per heavy atom. The van der Waals surface area contributed by atoms with E-state index in [0.717, 1.165) is 23.9 Å². The van der Waals surface area contributed by atoms with E-state index in [1.54, 1.807) is 24.3 Å². The molecule has 0 unspecified atom stereocenters. The normalized spacial score (nSPS) is 10.4. The first-order valence-electron chi connectivity index (χ1n) is 6.47. The van der Waals surface area contributed by atoms with E-state index >= 15 is 0 Å². The number of esters is 2. The zero-order valence-electron chi connectivity index (χ0n) is 11.8. The van der Waals surface area contributed by atoms with E-state index in [-0.39, 0.29) is 6.61 Å². The van der Waals surface area contributed by atoms with E-state index in [1.807, 2.05) is 11.1 Å². The number of hydrogen-bond acceptors (Lipinski definition) is 6. The molecule has 0 fully saturated rings. The second-order valence-corrected chi connectivity index (χ2v) is 4.28. The predicted molar refractivity (Wildman–Crippen MR) is 78.7 cm³/mol. The van der Waals surface area contributed by atoms with E-state index < -0.39 is 28.9 Å². The maximum atomic E-state index is 11.5. The number of rotatable bonds is 5. The van der Waals surface area contributed by atoms with Crippen LogP contribution in [0.2, 0.25) is 0 Å². The highest BCUT2D eigenvalue weighted by Gasteiger charge is 2.07. The number of H-pyrrole nitrogens is 2. The Bertz CT molecular complexity index is 835. The van der Waals surface area contributed by atoms with Gasteiger partial charge in [-0.1, -0.05) is 30.3 Å². The Kier molecular flexibility index (Phi) is 5.24. The maximum absolute atomic E-state index is 11.5. The molecular weight excluding hydrogens is 304 g/mol. The second-order valence-electron chi connectivity index (χ2n) is 4.28. The Labute approximate surface area is 129 Å². The lowest BCUT2D eigenvalue weighted by Gasteiger charge is -2.01. The number of aromatic nitrogens is 2. The van der Waals surface area contributed by atoms with Crippen molar-refractivity contribution in [2.45, 2.75) is 6.61 Å². The van der Waals surface area contributed by atoms with Crippen LogP contribution in [0.3, 0.4) is 0 Å². The van der Waals surface area contributed by atoms with Crippen LogP contribution in [-0.4, -0.2) is 21.9 Å². The van der Waals surface area contributed by atoms with Gasteiger partial charge in [-0.3, -0.25) is 9.78 Å². The Balaban J connectivity index is 1.86. The molecule has 0 spiro atoms. The van der Waals surface area contributed by atoms with Gasteiger partial charge in [-0.2, -0.15) is 0 Å². The molecule has 0 bridgehead atoms. The summed E-state index contributed by atoms with van der Waals surface area (Å²) in [6.07, 6.45) is 2.64. The summed E-state index contributed by atoms with van der Waals surface area (Å²) in [5, 5.41) is 0. The van der Waals surface area contributed by atoms with Gasteiger partial charge in [0.2, 0.25) is 5.75 Å². The van der Waals surface area contributed by atoms with Gasteiger partial charge in [0, 0.05) is 12.2 Å². The third-order valence-corrected chi connectivity index (χ3v) is 2.58. The van der Waals surface area contributed by atoms with Crippen LogP contribution in [0.25, 0.3) is 0 Å². The van der Waals surface area contributed by atoms with Gasteiger partial charge in [0.1, 0.15) is 6.61 Å². The highest BCUT2D eigenvalue weighted by Crippen LogP contribution is 2.01. The van der Waals surface area contributed by atoms with Crippen LogP contribution in [0, 0.1) is 0 Å². The smallest absolute Gasteiger partial charge is 0.336 e. The van der Waals surface area contributed by atoms with Crippen LogP contribution < -0.4 is 16.0 Å². The number of hydrogen-bond donors (Lipinski definition) is 2. The van der Waals surface area contributed by atoms with Crippen molar-refractivity contribution in [1.29, 1.82) is 0 Å². The first-order valence-corrected chi connectivity index (χ1v) is 6.47. The summed E-state index contributed by atoms with van der Waals surface area (Å²) >= 11 is 0. The van der Waals surface area contributed by atoms with Crippen molar-refractivity contribution in [2.24, 2.45) is 0 Å². The average molecular weight is 316 g/mol. The first kappa shape index (κ1) is 16.0. The van der Waals surface area contributed by atoms with Crippen molar-refractivity contribution in [1.82, 2.24) is 9.97 Å². The fraction of sp³-hybridized carbons (Fsp3) is 0.0667. The molecule has 0 radical (unpaired) electrons. The molecule has 1 aromatic heterocycles. The lowest BCUT2D eigenvalue weighted by Crippen LogP contribution is -2.24. The van der Waals surface area contributed by atoms with E-state index in [9.17, 15) is 19.2 Å². The fourth-order valence-corrected chi connectivity index (χ4v) is 1.53. The average Bonchev–Trinajstić information content (AvgIpc) is 2.54. The number of benzene rings is 1. The summed E-state index contributed by atoms with van der Waals surface area (Å²) in [5.74, 6) is -2.09. The second kappa shape index (κ2) is 7.55. The van der Waals surface area contributed by atoms with E-state index in [2.05, 4.69) is 9.72 Å². The summed E-state index contributed by atoms with van der Waals surface area (Å²) in [7, 11) is 0. The molecule has 8 nitrogen and oxygen atoms in total. The molecule has 118 valence electrons. The molecule has 2 aromatic rings. The molecule has 0 saturated carbocycles. The van der Waals surface area contributed by atoms with Crippen molar-refractivity contribution >= 4 is 11.9 Å². The predicted octanol–water partition coefficient (Wildman–Crippen LogP) is 0.268. The minimum absolute atomic E-state index is 0.0681. The highest BCUT2D eigenvalue weighted by molar-refractivity contribution is 5.92. The summed E-state index contributed by atoms with van der Waals surface area (Å²) in [6.45, 7) is 0.0681. The molecular formula is C15H12N2O6. The number of ether oxygens (including phenoxy) is 2. The van der Waals surface area contributed by atoms with Crippen LogP contribution in [0.1, 0.15) is 5.56 Å². The van der Waals surface area contributed by atoms with Gasteiger partial charge in [-0.15, -0.1) is 0 Å². The van der Waals surface area contributed by atoms with E-state index in [1.165, 1.54) is 0 Å². The fourth-order valence-electron chi connectivity index (χ4n) is 1.53. The number of aromatic amines is 2. The van der Waals surface area contributed by atoms with Crippen molar-refractivity contribution in [3.63, 3.8) is 0 Å². The molecule has 0 aliphatic carbocycles. The minimum atomic E-state index is -0.959. The monoisotopic (exact) mass is 316 g/mol. The lowest BCUT2D eigenvalue weighted by atomic mass is 10.2. The highest BCUT2D eigenvalue weighted by atomic mass is 16.5. The van der Waals surface area contributed by atoms with E-state index in [0.29, 0.717) is 0 Å². The van der Waals surface area contributed by atoms with Gasteiger partial charge in [0.15, 0.2) is 0 Å². The zero-order chi connectivity index (χ0) is 16.7. The van der Waals surface area contributed by atoms with Crippen LogP contribution >= 0.6 is 0 Å². The van der Waals surface area contributed by atoms with Crippen molar-refractivity contribution in [3.8, 4) is 5.75 Å². The van der Waals surface area contributed by atoms with Gasteiger partial charge in [-0.25, -0.2) is 14.4 Å². The molecule has 23 heavy (non-hydrogen) atoms. The van der Waals surface area contributed by atoms with Crippen LogP contribution in [0.4, 0.5) is 0 Å². The van der Waals surface area contributed by atoms with Gasteiger partial charge >= 0.3 is 17.6 Å². The third-order valence-electron chi connectivity index (χ3n) is 2.58. The number of carbonyl (C=O) groups is 2. The number of nitrogens with one attached hydrogen (secondary N) is 2. The Morgan fingerprint density at radius 1 is 1.04 bits per heavy atom. The zero-order valence-corrected chi connectivity index (χ0v) is 11.8. The Hall–Kier alpha value is -3.42. The summed E-state index contributed by atoms with van der Waals surface area (Å²) < 4.78 is 9.59. The molecule has 2 N–H and O–H groups in total. The van der Waals surface area contributed by atoms with Gasteiger partial charge < -0.3 is 14.5 Å². The molecule has 8 heteroatoms. The molecule has 0 atom stereocenters. The topological polar surface area (TPSA) is 118 Å². The summed E-state index contributed by atoms with van der Waals surface area (Å²) in [5.41, 5.74) is -0.784. The van der Waals surface area contributed by atoms with Gasteiger partial charge in [0.05, 0.1) is 6.20 Å². The standard InChI is InChI=1S/C15H12N2O6/c18-12(22-9-10-4-2-1-3-5-10)6-7-13(19)23-11-8-16-15(21)17-14(11)20/h1-8H,9H2,(H2,16,17,20,21)/b7-6+. The molecule has 0 aliphatic rings.